The predicted octanol–water partition coefficient (Wildman–Crippen LogP) is 3.84. The van der Waals surface area contributed by atoms with Crippen LogP contribution in [0.15, 0.2) is 48.5 Å². The van der Waals surface area contributed by atoms with E-state index in [9.17, 15) is 14.0 Å². The van der Waals surface area contributed by atoms with E-state index in [2.05, 4.69) is 5.32 Å². The molecule has 0 heterocycles. The molecule has 0 saturated heterocycles. The summed E-state index contributed by atoms with van der Waals surface area (Å²) in [7, 11) is 0. The molecule has 2 amide bonds. The SMILES string of the molecule is Cc1ccccc1CN(C(=O)COc1ccc(F)cc1)C(C)C(=O)NC(C)(C)C. The van der Waals surface area contributed by atoms with Crippen LogP contribution in [-0.2, 0) is 16.1 Å². The number of nitrogens with zero attached hydrogens (tertiary/aromatic N) is 1. The molecule has 0 saturated carbocycles. The second-order valence-electron chi connectivity index (χ2n) is 8.11. The Morgan fingerprint density at radius 1 is 1.10 bits per heavy atom. The number of halogens is 1. The Morgan fingerprint density at radius 2 is 1.72 bits per heavy atom. The van der Waals surface area contributed by atoms with Crippen molar-refractivity contribution in [3.63, 3.8) is 0 Å². The monoisotopic (exact) mass is 400 g/mol. The minimum absolute atomic E-state index is 0.235. The van der Waals surface area contributed by atoms with Crippen molar-refractivity contribution >= 4 is 11.8 Å². The van der Waals surface area contributed by atoms with Gasteiger partial charge in [-0.3, -0.25) is 9.59 Å². The first-order valence-corrected chi connectivity index (χ1v) is 9.61. The molecule has 2 rings (SSSR count). The summed E-state index contributed by atoms with van der Waals surface area (Å²) in [5.74, 6) is -0.546. The highest BCUT2D eigenvalue weighted by Crippen LogP contribution is 2.16. The van der Waals surface area contributed by atoms with E-state index in [0.29, 0.717) is 5.75 Å². The number of rotatable bonds is 7. The number of aryl methyl sites for hydroxylation is 1. The van der Waals surface area contributed by atoms with Gasteiger partial charge in [-0.15, -0.1) is 0 Å². The number of amides is 2. The van der Waals surface area contributed by atoms with E-state index < -0.39 is 11.6 Å². The standard InChI is InChI=1S/C23H29FN2O3/c1-16-8-6-7-9-18(16)14-26(17(2)22(28)25-23(3,4)5)21(27)15-29-20-12-10-19(24)11-13-20/h6-13,17H,14-15H2,1-5H3,(H,25,28). The van der Waals surface area contributed by atoms with Gasteiger partial charge in [0, 0.05) is 12.1 Å². The third-order valence-electron chi connectivity index (χ3n) is 4.44. The quantitative estimate of drug-likeness (QED) is 0.768. The predicted molar refractivity (Wildman–Crippen MR) is 111 cm³/mol. The summed E-state index contributed by atoms with van der Waals surface area (Å²) in [5.41, 5.74) is 1.58. The Labute approximate surface area is 171 Å². The number of carbonyl (C=O) groups excluding carboxylic acids is 2. The van der Waals surface area contributed by atoms with Gasteiger partial charge in [0.05, 0.1) is 0 Å². The lowest BCUT2D eigenvalue weighted by Gasteiger charge is -2.31. The van der Waals surface area contributed by atoms with Gasteiger partial charge in [-0.05, 0) is 70.0 Å². The zero-order valence-electron chi connectivity index (χ0n) is 17.7. The Kier molecular flexibility index (Phi) is 7.37. The van der Waals surface area contributed by atoms with Crippen LogP contribution in [0.2, 0.25) is 0 Å². The fraction of sp³-hybridized carbons (Fsp3) is 0.391. The van der Waals surface area contributed by atoms with Gasteiger partial charge < -0.3 is 15.0 Å². The Balaban J connectivity index is 2.18. The van der Waals surface area contributed by atoms with Crippen LogP contribution in [-0.4, -0.2) is 34.9 Å². The van der Waals surface area contributed by atoms with Gasteiger partial charge in [-0.1, -0.05) is 24.3 Å². The molecule has 0 aliphatic heterocycles. The van der Waals surface area contributed by atoms with Gasteiger partial charge in [0.15, 0.2) is 6.61 Å². The fourth-order valence-corrected chi connectivity index (χ4v) is 2.79. The molecule has 1 unspecified atom stereocenters. The molecule has 0 radical (unpaired) electrons. The van der Waals surface area contributed by atoms with Crippen molar-refractivity contribution in [1.29, 1.82) is 0 Å². The van der Waals surface area contributed by atoms with Crippen LogP contribution in [0.4, 0.5) is 4.39 Å². The molecule has 1 N–H and O–H groups in total. The highest BCUT2D eigenvalue weighted by molar-refractivity contribution is 5.88. The van der Waals surface area contributed by atoms with Gasteiger partial charge in [-0.25, -0.2) is 4.39 Å². The Bertz CT molecular complexity index is 844. The van der Waals surface area contributed by atoms with Gasteiger partial charge in [0.25, 0.3) is 5.91 Å². The third-order valence-corrected chi connectivity index (χ3v) is 4.44. The molecule has 2 aromatic rings. The van der Waals surface area contributed by atoms with Gasteiger partial charge in [0.1, 0.15) is 17.6 Å². The van der Waals surface area contributed by atoms with Crippen LogP contribution < -0.4 is 10.1 Å². The highest BCUT2D eigenvalue weighted by Gasteiger charge is 2.28. The molecule has 1 atom stereocenters. The lowest BCUT2D eigenvalue weighted by Crippen LogP contribution is -2.53. The summed E-state index contributed by atoms with van der Waals surface area (Å²) >= 11 is 0. The lowest BCUT2D eigenvalue weighted by molar-refractivity contribution is -0.142. The van der Waals surface area contributed by atoms with Crippen molar-refractivity contribution in [2.75, 3.05) is 6.61 Å². The molecule has 0 aliphatic rings. The van der Waals surface area contributed by atoms with E-state index in [4.69, 9.17) is 4.74 Å². The summed E-state index contributed by atoms with van der Waals surface area (Å²) in [4.78, 5) is 27.2. The van der Waals surface area contributed by atoms with E-state index >= 15 is 0 Å². The first-order chi connectivity index (χ1) is 13.6. The summed E-state index contributed by atoms with van der Waals surface area (Å²) < 4.78 is 18.6. The number of carbonyl (C=O) groups is 2. The number of nitrogens with one attached hydrogen (secondary N) is 1. The van der Waals surface area contributed by atoms with E-state index in [0.717, 1.165) is 11.1 Å². The van der Waals surface area contributed by atoms with Crippen LogP contribution in [0.25, 0.3) is 0 Å². The minimum Gasteiger partial charge on any atom is -0.484 e. The van der Waals surface area contributed by atoms with Crippen molar-refractivity contribution in [2.24, 2.45) is 0 Å². The Morgan fingerprint density at radius 3 is 2.31 bits per heavy atom. The van der Waals surface area contributed by atoms with Gasteiger partial charge in [-0.2, -0.15) is 0 Å². The average molecular weight is 400 g/mol. The molecule has 0 fully saturated rings. The minimum atomic E-state index is -0.682. The highest BCUT2D eigenvalue weighted by atomic mass is 19.1. The first kappa shape index (κ1) is 22.4. The largest absolute Gasteiger partial charge is 0.484 e. The number of hydrogen-bond donors (Lipinski definition) is 1. The first-order valence-electron chi connectivity index (χ1n) is 9.61. The molecule has 5 nitrogen and oxygen atoms in total. The second kappa shape index (κ2) is 9.54. The number of hydrogen-bond acceptors (Lipinski definition) is 3. The van der Waals surface area contributed by atoms with E-state index in [1.165, 1.54) is 29.2 Å². The lowest BCUT2D eigenvalue weighted by atomic mass is 10.1. The summed E-state index contributed by atoms with van der Waals surface area (Å²) in [5, 5.41) is 2.92. The fourth-order valence-electron chi connectivity index (χ4n) is 2.79. The summed E-state index contributed by atoms with van der Waals surface area (Å²) in [6.45, 7) is 9.39. The molecular weight excluding hydrogens is 371 g/mol. The van der Waals surface area contributed by atoms with Crippen LogP contribution in [0.1, 0.15) is 38.8 Å². The van der Waals surface area contributed by atoms with Crippen molar-refractivity contribution in [3.8, 4) is 5.75 Å². The molecule has 29 heavy (non-hydrogen) atoms. The normalized spacial score (nSPS) is 12.2. The number of ether oxygens (including phenoxy) is 1. The summed E-state index contributed by atoms with van der Waals surface area (Å²) in [6.07, 6.45) is 0. The molecule has 2 aromatic carbocycles. The molecule has 0 bridgehead atoms. The van der Waals surface area contributed by atoms with Crippen LogP contribution >= 0.6 is 0 Å². The number of benzene rings is 2. The molecule has 156 valence electrons. The molecular formula is C23H29FN2O3. The van der Waals surface area contributed by atoms with Crippen LogP contribution in [0, 0.1) is 12.7 Å². The van der Waals surface area contributed by atoms with Crippen molar-refractivity contribution in [3.05, 3.63) is 65.5 Å². The zero-order chi connectivity index (χ0) is 21.6. The zero-order valence-corrected chi connectivity index (χ0v) is 17.7. The molecule has 0 aliphatic carbocycles. The topological polar surface area (TPSA) is 58.6 Å². The average Bonchev–Trinajstić information content (AvgIpc) is 2.65. The maximum Gasteiger partial charge on any atom is 0.261 e. The Hall–Kier alpha value is -2.89. The third kappa shape index (κ3) is 6.89. The molecule has 6 heteroatoms. The molecule has 0 spiro atoms. The smallest absolute Gasteiger partial charge is 0.261 e. The molecule has 0 aromatic heterocycles. The van der Waals surface area contributed by atoms with Crippen molar-refractivity contribution in [2.45, 2.75) is 52.7 Å². The van der Waals surface area contributed by atoms with Gasteiger partial charge in [0.2, 0.25) is 5.91 Å². The van der Waals surface area contributed by atoms with Crippen molar-refractivity contribution in [1.82, 2.24) is 10.2 Å². The van der Waals surface area contributed by atoms with Crippen LogP contribution in [0.3, 0.4) is 0 Å². The van der Waals surface area contributed by atoms with Crippen molar-refractivity contribution < 1.29 is 18.7 Å². The van der Waals surface area contributed by atoms with E-state index in [1.54, 1.807) is 6.92 Å². The van der Waals surface area contributed by atoms with E-state index in [1.807, 2.05) is 52.0 Å². The second-order valence-corrected chi connectivity index (χ2v) is 8.11. The van der Waals surface area contributed by atoms with Crippen LogP contribution in [0.5, 0.6) is 5.75 Å². The summed E-state index contributed by atoms with van der Waals surface area (Å²) in [6, 6.07) is 12.5. The maximum atomic E-state index is 13.0. The van der Waals surface area contributed by atoms with Gasteiger partial charge >= 0.3 is 0 Å². The maximum absolute atomic E-state index is 13.0. The van der Waals surface area contributed by atoms with E-state index in [-0.39, 0.29) is 30.8 Å².